The van der Waals surface area contributed by atoms with E-state index in [0.29, 0.717) is 10.5 Å². The molecule has 1 fully saturated rings. The van der Waals surface area contributed by atoms with Crippen molar-refractivity contribution in [2.75, 3.05) is 26.4 Å². The van der Waals surface area contributed by atoms with E-state index >= 15 is 0 Å². The number of rotatable bonds is 8. The van der Waals surface area contributed by atoms with Crippen molar-refractivity contribution in [2.45, 2.75) is 50.0 Å². The number of hydrogen-bond acceptors (Lipinski definition) is 4. The van der Waals surface area contributed by atoms with Crippen molar-refractivity contribution in [1.82, 2.24) is 0 Å². The molecule has 2 nitrogen and oxygen atoms in total. The van der Waals surface area contributed by atoms with E-state index in [2.05, 4.69) is 39.1 Å². The van der Waals surface area contributed by atoms with Gasteiger partial charge in [0, 0.05) is 23.7 Å². The molecule has 4 heteroatoms. The van der Waals surface area contributed by atoms with Gasteiger partial charge in [0.25, 0.3) is 0 Å². The number of thiol groups is 2. The van der Waals surface area contributed by atoms with Crippen molar-refractivity contribution >= 4 is 25.3 Å². The van der Waals surface area contributed by atoms with Crippen molar-refractivity contribution in [3.05, 3.63) is 0 Å². The van der Waals surface area contributed by atoms with Crippen molar-refractivity contribution in [1.29, 1.82) is 0 Å². The second kappa shape index (κ2) is 9.51. The topological polar surface area (TPSA) is 18.5 Å². The third-order valence-electron chi connectivity index (χ3n) is 3.39. The highest BCUT2D eigenvalue weighted by molar-refractivity contribution is 7.81. The summed E-state index contributed by atoms with van der Waals surface area (Å²) in [6, 6.07) is 0. The average molecular weight is 293 g/mol. The molecule has 1 saturated carbocycles. The minimum absolute atomic E-state index is 0.345. The Labute approximate surface area is 123 Å². The van der Waals surface area contributed by atoms with Gasteiger partial charge in [0.05, 0.1) is 13.2 Å². The first-order chi connectivity index (χ1) is 8.58. The van der Waals surface area contributed by atoms with Crippen molar-refractivity contribution in [3.8, 4) is 0 Å². The fraction of sp³-hybridized carbons (Fsp3) is 1.00. The second-order valence-electron chi connectivity index (χ2n) is 5.66. The molecule has 1 rings (SSSR count). The SMILES string of the molecule is CC(S)COCC1CCC(COCC(C)S)CC1. The molecule has 0 aromatic carbocycles. The predicted molar refractivity (Wildman–Crippen MR) is 84.0 cm³/mol. The quantitative estimate of drug-likeness (QED) is 0.668. The zero-order valence-corrected chi connectivity index (χ0v) is 13.5. The summed E-state index contributed by atoms with van der Waals surface area (Å²) < 4.78 is 11.3. The lowest BCUT2D eigenvalue weighted by Gasteiger charge is -2.28. The fourth-order valence-electron chi connectivity index (χ4n) is 2.38. The van der Waals surface area contributed by atoms with Crippen molar-refractivity contribution < 1.29 is 9.47 Å². The molecule has 0 bridgehead atoms. The van der Waals surface area contributed by atoms with Crippen LogP contribution in [0.1, 0.15) is 39.5 Å². The molecule has 2 unspecified atom stereocenters. The maximum atomic E-state index is 5.66. The van der Waals surface area contributed by atoms with Crippen LogP contribution in [0.4, 0.5) is 0 Å². The molecular weight excluding hydrogens is 264 g/mol. The van der Waals surface area contributed by atoms with Gasteiger partial charge in [-0.15, -0.1) is 0 Å². The molecule has 0 aromatic rings. The minimum atomic E-state index is 0.345. The van der Waals surface area contributed by atoms with Gasteiger partial charge in [0.1, 0.15) is 0 Å². The van der Waals surface area contributed by atoms with E-state index in [0.717, 1.165) is 38.3 Å². The van der Waals surface area contributed by atoms with Gasteiger partial charge in [-0.3, -0.25) is 0 Å². The summed E-state index contributed by atoms with van der Waals surface area (Å²) >= 11 is 8.63. The first-order valence-corrected chi connectivity index (χ1v) is 8.12. The van der Waals surface area contributed by atoms with Crippen LogP contribution in [-0.4, -0.2) is 36.9 Å². The number of ether oxygens (including phenoxy) is 2. The van der Waals surface area contributed by atoms with E-state index in [1.807, 2.05) is 0 Å². The predicted octanol–water partition coefficient (Wildman–Crippen LogP) is 3.46. The number of hydrogen-bond donors (Lipinski definition) is 2. The van der Waals surface area contributed by atoms with Gasteiger partial charge in [0.15, 0.2) is 0 Å². The highest BCUT2D eigenvalue weighted by atomic mass is 32.1. The van der Waals surface area contributed by atoms with Crippen molar-refractivity contribution in [3.63, 3.8) is 0 Å². The molecule has 1 aliphatic carbocycles. The molecule has 1 aliphatic rings. The molecule has 0 heterocycles. The molecule has 0 aliphatic heterocycles. The molecule has 0 radical (unpaired) electrons. The van der Waals surface area contributed by atoms with Gasteiger partial charge in [-0.2, -0.15) is 25.3 Å². The van der Waals surface area contributed by atoms with Crippen LogP contribution >= 0.6 is 25.3 Å². The molecular formula is C14H28O2S2. The third kappa shape index (κ3) is 7.93. The van der Waals surface area contributed by atoms with E-state index < -0.39 is 0 Å². The summed E-state index contributed by atoms with van der Waals surface area (Å²) in [7, 11) is 0. The lowest BCUT2D eigenvalue weighted by molar-refractivity contribution is 0.0521. The zero-order chi connectivity index (χ0) is 13.4. The van der Waals surface area contributed by atoms with Crippen molar-refractivity contribution in [2.24, 2.45) is 11.8 Å². The van der Waals surface area contributed by atoms with Gasteiger partial charge in [-0.1, -0.05) is 13.8 Å². The summed E-state index contributed by atoms with van der Waals surface area (Å²) in [5.41, 5.74) is 0. The van der Waals surface area contributed by atoms with E-state index in [1.54, 1.807) is 0 Å². The summed E-state index contributed by atoms with van der Waals surface area (Å²) in [5.74, 6) is 1.49. The Hall–Kier alpha value is 0.620. The van der Waals surface area contributed by atoms with Crippen LogP contribution in [0, 0.1) is 11.8 Å². The summed E-state index contributed by atoms with van der Waals surface area (Å²) in [6.45, 7) is 7.50. The van der Waals surface area contributed by atoms with Gasteiger partial charge in [-0.05, 0) is 37.5 Å². The molecule has 0 N–H and O–H groups in total. The average Bonchev–Trinajstić information content (AvgIpc) is 2.30. The van der Waals surface area contributed by atoms with Gasteiger partial charge in [-0.25, -0.2) is 0 Å². The Morgan fingerprint density at radius 3 is 1.44 bits per heavy atom. The highest BCUT2D eigenvalue weighted by Crippen LogP contribution is 2.29. The summed E-state index contributed by atoms with van der Waals surface area (Å²) in [5, 5.41) is 0.691. The fourth-order valence-corrected chi connectivity index (χ4v) is 2.59. The van der Waals surface area contributed by atoms with Crippen LogP contribution in [-0.2, 0) is 9.47 Å². The molecule has 0 saturated heterocycles. The summed E-state index contributed by atoms with van der Waals surface area (Å²) in [4.78, 5) is 0. The Bertz CT molecular complexity index is 180. The summed E-state index contributed by atoms with van der Waals surface area (Å²) in [6.07, 6.45) is 5.13. The largest absolute Gasteiger partial charge is 0.380 e. The van der Waals surface area contributed by atoms with Crippen LogP contribution in [0.15, 0.2) is 0 Å². The molecule has 0 amide bonds. The Morgan fingerprint density at radius 1 is 0.833 bits per heavy atom. The van der Waals surface area contributed by atoms with E-state index in [9.17, 15) is 0 Å². The van der Waals surface area contributed by atoms with Gasteiger partial charge >= 0.3 is 0 Å². The highest BCUT2D eigenvalue weighted by Gasteiger charge is 2.21. The monoisotopic (exact) mass is 292 g/mol. The molecule has 0 aromatic heterocycles. The zero-order valence-electron chi connectivity index (χ0n) is 11.7. The van der Waals surface area contributed by atoms with Crippen LogP contribution < -0.4 is 0 Å². The smallest absolute Gasteiger partial charge is 0.0579 e. The first-order valence-electron chi connectivity index (χ1n) is 7.09. The van der Waals surface area contributed by atoms with Crippen LogP contribution in [0.25, 0.3) is 0 Å². The maximum Gasteiger partial charge on any atom is 0.0579 e. The lowest BCUT2D eigenvalue weighted by atomic mass is 9.83. The first kappa shape index (κ1) is 16.7. The maximum absolute atomic E-state index is 5.66. The van der Waals surface area contributed by atoms with E-state index in [1.165, 1.54) is 25.7 Å². The van der Waals surface area contributed by atoms with Gasteiger partial charge < -0.3 is 9.47 Å². The Kier molecular flexibility index (Phi) is 8.81. The Balaban J connectivity index is 2.02. The molecule has 2 atom stereocenters. The molecule has 108 valence electrons. The van der Waals surface area contributed by atoms with E-state index in [4.69, 9.17) is 9.47 Å². The van der Waals surface area contributed by atoms with Crippen LogP contribution in [0.2, 0.25) is 0 Å². The Morgan fingerprint density at radius 2 is 1.17 bits per heavy atom. The normalized spacial score (nSPS) is 28.0. The standard InChI is InChI=1S/C14H28O2S2/c1-11(17)7-15-9-13-3-5-14(6-4-13)10-16-8-12(2)18/h11-14,17-18H,3-10H2,1-2H3. The van der Waals surface area contributed by atoms with Gasteiger partial charge in [0.2, 0.25) is 0 Å². The minimum Gasteiger partial charge on any atom is -0.380 e. The lowest BCUT2D eigenvalue weighted by Crippen LogP contribution is -2.23. The van der Waals surface area contributed by atoms with E-state index in [-0.39, 0.29) is 0 Å². The third-order valence-corrected chi connectivity index (χ3v) is 3.69. The molecule has 0 spiro atoms. The second-order valence-corrected chi connectivity index (χ2v) is 7.42. The van der Waals surface area contributed by atoms with Crippen LogP contribution in [0.5, 0.6) is 0 Å². The molecule has 18 heavy (non-hydrogen) atoms. The van der Waals surface area contributed by atoms with Crippen LogP contribution in [0.3, 0.4) is 0 Å².